The lowest BCUT2D eigenvalue weighted by atomic mass is 9.85. The molecule has 0 aliphatic heterocycles. The summed E-state index contributed by atoms with van der Waals surface area (Å²) >= 11 is 0. The number of hydrogen-bond acceptors (Lipinski definition) is 1. The summed E-state index contributed by atoms with van der Waals surface area (Å²) in [7, 11) is 5.63. The second-order valence-electron chi connectivity index (χ2n) is 9.29. The minimum absolute atomic E-state index is 0.473. The first-order chi connectivity index (χ1) is 16.8. The summed E-state index contributed by atoms with van der Waals surface area (Å²) < 4.78 is 2.17. The summed E-state index contributed by atoms with van der Waals surface area (Å²) in [5.74, 6) is 0.473. The van der Waals surface area contributed by atoms with Crippen LogP contribution in [-0.4, -0.2) is 17.4 Å². The van der Waals surface area contributed by atoms with Gasteiger partial charge in [-0.15, -0.1) is 0 Å². The molecule has 2 nitrogen and oxygen atoms in total. The molecule has 1 aromatic heterocycles. The van der Waals surface area contributed by atoms with E-state index >= 15 is 0 Å². The predicted molar refractivity (Wildman–Crippen MR) is 149 cm³/mol. The first-order valence-corrected chi connectivity index (χ1v) is 13.6. The fourth-order valence-electron chi connectivity index (χ4n) is 4.42. The Balaban J connectivity index is 0.000000240. The lowest BCUT2D eigenvalue weighted by molar-refractivity contribution is 0.534. The third-order valence-electron chi connectivity index (χ3n) is 6.43. The van der Waals surface area contributed by atoms with Gasteiger partial charge in [-0.3, -0.25) is 0 Å². The van der Waals surface area contributed by atoms with E-state index in [-0.39, 0.29) is 0 Å². The summed E-state index contributed by atoms with van der Waals surface area (Å²) in [6, 6.07) is 21.4. The van der Waals surface area contributed by atoms with Crippen molar-refractivity contribution in [1.82, 2.24) is 9.55 Å². The third-order valence-corrected chi connectivity index (χ3v) is 6.43. The van der Waals surface area contributed by atoms with Crippen molar-refractivity contribution in [3.05, 3.63) is 90.5 Å². The first kappa shape index (κ1) is 28.0. The van der Waals surface area contributed by atoms with Crippen LogP contribution < -0.4 is 0 Å². The van der Waals surface area contributed by atoms with Crippen LogP contribution in [0.2, 0.25) is 6.32 Å². The van der Waals surface area contributed by atoms with E-state index in [4.69, 9.17) is 7.85 Å². The molecule has 0 bridgehead atoms. The smallest absolute Gasteiger partial charge is 0.0945 e. The van der Waals surface area contributed by atoms with Gasteiger partial charge in [-0.1, -0.05) is 138 Å². The molecule has 0 atom stereocenters. The highest BCUT2D eigenvalue weighted by atomic mass is 15.0. The number of unbranched alkanes of at least 4 members (excludes halogenated alkanes) is 9. The Labute approximate surface area is 210 Å². The van der Waals surface area contributed by atoms with Crippen molar-refractivity contribution in [2.24, 2.45) is 0 Å². The highest BCUT2D eigenvalue weighted by Gasteiger charge is 2.12. The van der Waals surface area contributed by atoms with Crippen molar-refractivity contribution in [1.29, 1.82) is 0 Å². The maximum atomic E-state index is 5.63. The molecule has 1 heterocycles. The SMILES string of the molecule is CCCCCCCCCCCCn1ccnc1.[B]CCCC(c1ccccc1)c1ccccc1. The second kappa shape index (κ2) is 19.1. The first-order valence-electron chi connectivity index (χ1n) is 13.6. The molecule has 0 spiro atoms. The zero-order valence-electron chi connectivity index (χ0n) is 21.5. The van der Waals surface area contributed by atoms with Crippen LogP contribution in [0.5, 0.6) is 0 Å². The van der Waals surface area contributed by atoms with E-state index in [9.17, 15) is 0 Å². The Morgan fingerprint density at radius 2 is 1.24 bits per heavy atom. The second-order valence-corrected chi connectivity index (χ2v) is 9.29. The van der Waals surface area contributed by atoms with Crippen LogP contribution in [0.1, 0.15) is 101 Å². The maximum absolute atomic E-state index is 5.63. The van der Waals surface area contributed by atoms with Crippen LogP contribution in [0.15, 0.2) is 79.4 Å². The lowest BCUT2D eigenvalue weighted by Gasteiger charge is -2.17. The zero-order chi connectivity index (χ0) is 24.1. The minimum atomic E-state index is 0.473. The number of benzene rings is 2. The van der Waals surface area contributed by atoms with Crippen molar-refractivity contribution in [3.8, 4) is 0 Å². The van der Waals surface area contributed by atoms with Crippen LogP contribution >= 0.6 is 0 Å². The van der Waals surface area contributed by atoms with Crippen molar-refractivity contribution in [3.63, 3.8) is 0 Å². The molecule has 0 amide bonds. The molecule has 0 aliphatic carbocycles. The largest absolute Gasteiger partial charge is 0.337 e. The van der Waals surface area contributed by atoms with Gasteiger partial charge in [-0.2, -0.15) is 0 Å². The van der Waals surface area contributed by atoms with Crippen molar-refractivity contribution in [2.45, 2.75) is 103 Å². The Hall–Kier alpha value is -2.29. The lowest BCUT2D eigenvalue weighted by Crippen LogP contribution is -2.00. The Morgan fingerprint density at radius 1 is 0.706 bits per heavy atom. The topological polar surface area (TPSA) is 17.8 Å². The van der Waals surface area contributed by atoms with E-state index in [1.54, 1.807) is 0 Å². The molecule has 0 unspecified atom stereocenters. The van der Waals surface area contributed by atoms with E-state index in [0.717, 1.165) is 25.7 Å². The molecular formula is C31H45BN2. The van der Waals surface area contributed by atoms with E-state index in [1.807, 2.05) is 18.7 Å². The van der Waals surface area contributed by atoms with Crippen molar-refractivity contribution >= 4 is 7.85 Å². The van der Waals surface area contributed by atoms with Gasteiger partial charge >= 0.3 is 0 Å². The summed E-state index contributed by atoms with van der Waals surface area (Å²) in [6.45, 7) is 3.41. The monoisotopic (exact) mass is 456 g/mol. The molecule has 34 heavy (non-hydrogen) atoms. The summed E-state index contributed by atoms with van der Waals surface area (Å²) in [4.78, 5) is 4.05. The molecule has 3 rings (SSSR count). The number of imidazole rings is 1. The summed E-state index contributed by atoms with van der Waals surface area (Å²) in [5.41, 5.74) is 2.76. The normalized spacial score (nSPS) is 10.8. The number of rotatable bonds is 16. The van der Waals surface area contributed by atoms with Gasteiger partial charge in [-0.05, 0) is 24.0 Å². The fraction of sp³-hybridized carbons (Fsp3) is 0.516. The van der Waals surface area contributed by atoms with Crippen LogP contribution in [0.3, 0.4) is 0 Å². The number of aromatic nitrogens is 2. The average Bonchev–Trinajstić information content (AvgIpc) is 3.41. The summed E-state index contributed by atoms with van der Waals surface area (Å²) in [5, 5.41) is 0. The number of hydrogen-bond donors (Lipinski definition) is 0. The van der Waals surface area contributed by atoms with Crippen molar-refractivity contribution in [2.75, 3.05) is 0 Å². The molecular weight excluding hydrogens is 411 g/mol. The fourth-order valence-corrected chi connectivity index (χ4v) is 4.42. The zero-order valence-corrected chi connectivity index (χ0v) is 21.5. The maximum Gasteiger partial charge on any atom is 0.0945 e. The minimum Gasteiger partial charge on any atom is -0.337 e. The van der Waals surface area contributed by atoms with Gasteiger partial charge in [0, 0.05) is 24.9 Å². The van der Waals surface area contributed by atoms with E-state index in [0.29, 0.717) is 5.92 Å². The van der Waals surface area contributed by atoms with Crippen LogP contribution in [0.4, 0.5) is 0 Å². The molecule has 3 heteroatoms. The van der Waals surface area contributed by atoms with Gasteiger partial charge in [0.15, 0.2) is 0 Å². The van der Waals surface area contributed by atoms with Crippen LogP contribution in [0, 0.1) is 0 Å². The third kappa shape index (κ3) is 12.3. The van der Waals surface area contributed by atoms with Crippen molar-refractivity contribution < 1.29 is 0 Å². The van der Waals surface area contributed by atoms with Gasteiger partial charge in [0.25, 0.3) is 0 Å². The van der Waals surface area contributed by atoms with Gasteiger partial charge in [-0.25, -0.2) is 4.98 Å². The molecule has 0 N–H and O–H groups in total. The van der Waals surface area contributed by atoms with E-state index < -0.39 is 0 Å². The van der Waals surface area contributed by atoms with Gasteiger partial charge in [0.1, 0.15) is 0 Å². The van der Waals surface area contributed by atoms with Crippen LogP contribution in [0.25, 0.3) is 0 Å². The number of nitrogens with zero attached hydrogens (tertiary/aromatic N) is 2. The highest BCUT2D eigenvalue weighted by Crippen LogP contribution is 2.29. The highest BCUT2D eigenvalue weighted by molar-refractivity contribution is 6.08. The quantitative estimate of drug-likeness (QED) is 0.155. The summed E-state index contributed by atoms with van der Waals surface area (Å²) in [6.07, 6.45) is 22.8. The van der Waals surface area contributed by atoms with E-state index in [2.05, 4.69) is 77.1 Å². The van der Waals surface area contributed by atoms with Crippen LogP contribution in [-0.2, 0) is 6.54 Å². The molecule has 0 aliphatic rings. The predicted octanol–water partition coefficient (Wildman–Crippen LogP) is 8.99. The van der Waals surface area contributed by atoms with Gasteiger partial charge in [0.05, 0.1) is 14.2 Å². The molecule has 0 saturated heterocycles. The molecule has 2 radical (unpaired) electrons. The molecule has 2 aromatic carbocycles. The van der Waals surface area contributed by atoms with Gasteiger partial charge < -0.3 is 4.57 Å². The number of aryl methyl sites for hydroxylation is 1. The van der Waals surface area contributed by atoms with E-state index in [1.165, 1.54) is 75.3 Å². The Bertz CT molecular complexity index is 762. The molecule has 0 fully saturated rings. The van der Waals surface area contributed by atoms with Gasteiger partial charge in [0.2, 0.25) is 0 Å². The molecule has 3 aromatic rings. The Morgan fingerprint density at radius 3 is 1.71 bits per heavy atom. The Kier molecular flexibility index (Phi) is 15.7. The molecule has 0 saturated carbocycles. The molecule has 182 valence electrons. The average molecular weight is 457 g/mol. The standard InChI is InChI=1S/C16H17B.C15H28N2/c17-13-7-12-16(14-8-3-1-4-9-14)15-10-5-2-6-11-15;1-2-3-4-5-6-7-8-9-10-11-13-17-14-12-16-15-17/h1-6,8-11,16H,7,12-13H2;12,14-15H,2-11,13H2,1H3.